The van der Waals surface area contributed by atoms with Gasteiger partial charge in [0.1, 0.15) is 0 Å². The van der Waals surface area contributed by atoms with Crippen molar-refractivity contribution in [1.29, 1.82) is 0 Å². The number of rotatable bonds is 1. The summed E-state index contributed by atoms with van der Waals surface area (Å²) in [5.74, 6) is -1.08. The number of carbonyl (C=O) groups excluding carboxylic acids is 1. The third kappa shape index (κ3) is 12.7. The van der Waals surface area contributed by atoms with E-state index in [2.05, 4.69) is 0 Å². The van der Waals surface area contributed by atoms with Crippen LogP contribution in [0.15, 0.2) is 30.3 Å². The van der Waals surface area contributed by atoms with Crippen LogP contribution < -0.4 is 10.8 Å². The maximum absolute atomic E-state index is 8.89. The van der Waals surface area contributed by atoms with E-state index in [1.807, 2.05) is 30.3 Å². The molecule has 0 radical (unpaired) electrons. The molecule has 102 valence electrons. The standard InChI is InChI=1S/C7H9N.C6H12.C2H4O2/c8-6-7-4-2-1-3-5-7;1-2-4-6-5-3-1;1-2(3)4/h1-5H,6,8H2;1-6H2;1H3,(H,3,4)/p-1. The molecule has 1 fully saturated rings. The molecule has 1 aliphatic rings. The summed E-state index contributed by atoms with van der Waals surface area (Å²) in [6.07, 6.45) is 9.00. The van der Waals surface area contributed by atoms with Gasteiger partial charge >= 0.3 is 0 Å². The molecule has 1 aromatic carbocycles. The molecule has 0 atom stereocenters. The zero-order valence-corrected chi connectivity index (χ0v) is 11.2. The summed E-state index contributed by atoms with van der Waals surface area (Å²) in [5.41, 5.74) is 6.54. The minimum absolute atomic E-state index is 0.640. The molecule has 0 saturated heterocycles. The Morgan fingerprint density at radius 2 is 1.39 bits per heavy atom. The van der Waals surface area contributed by atoms with Crippen LogP contribution in [0.25, 0.3) is 0 Å². The van der Waals surface area contributed by atoms with Gasteiger partial charge in [-0.2, -0.15) is 0 Å². The molecule has 2 rings (SSSR count). The van der Waals surface area contributed by atoms with Gasteiger partial charge in [-0.3, -0.25) is 0 Å². The summed E-state index contributed by atoms with van der Waals surface area (Å²) in [7, 11) is 0. The second kappa shape index (κ2) is 12.1. The van der Waals surface area contributed by atoms with Crippen LogP contribution in [0.3, 0.4) is 0 Å². The smallest absolute Gasteiger partial charge is 0.0383 e. The highest BCUT2D eigenvalue weighted by Gasteiger charge is 1.95. The predicted octanol–water partition coefficient (Wildman–Crippen LogP) is 2.24. The van der Waals surface area contributed by atoms with E-state index in [-0.39, 0.29) is 0 Å². The summed E-state index contributed by atoms with van der Waals surface area (Å²) < 4.78 is 0. The summed E-state index contributed by atoms with van der Waals surface area (Å²) >= 11 is 0. The Balaban J connectivity index is 0.000000257. The molecular formula is C15H24NO2-. The molecule has 0 aliphatic heterocycles. The fourth-order valence-electron chi connectivity index (χ4n) is 1.67. The first-order valence-electron chi connectivity index (χ1n) is 6.58. The molecular weight excluding hydrogens is 226 g/mol. The van der Waals surface area contributed by atoms with Gasteiger partial charge in [-0.15, -0.1) is 0 Å². The fourth-order valence-corrected chi connectivity index (χ4v) is 1.67. The highest BCUT2D eigenvalue weighted by Crippen LogP contribution is 2.15. The predicted molar refractivity (Wildman–Crippen MR) is 72.7 cm³/mol. The Kier molecular flexibility index (Phi) is 11.2. The number of hydrogen-bond donors (Lipinski definition) is 1. The average Bonchev–Trinajstić information content (AvgIpc) is 2.42. The topological polar surface area (TPSA) is 66.1 Å². The van der Waals surface area contributed by atoms with Crippen LogP contribution in [0.4, 0.5) is 0 Å². The van der Waals surface area contributed by atoms with Crippen LogP contribution >= 0.6 is 0 Å². The van der Waals surface area contributed by atoms with Crippen LogP contribution in [-0.2, 0) is 11.3 Å². The van der Waals surface area contributed by atoms with Crippen LogP contribution in [0.5, 0.6) is 0 Å². The van der Waals surface area contributed by atoms with Gasteiger partial charge < -0.3 is 15.6 Å². The van der Waals surface area contributed by atoms with Crippen LogP contribution in [0.2, 0.25) is 0 Å². The van der Waals surface area contributed by atoms with Crippen molar-refractivity contribution in [3.63, 3.8) is 0 Å². The van der Waals surface area contributed by atoms with Crippen molar-refractivity contribution >= 4 is 5.97 Å². The van der Waals surface area contributed by atoms with E-state index in [1.165, 1.54) is 44.1 Å². The second-order valence-corrected chi connectivity index (χ2v) is 4.30. The molecule has 1 saturated carbocycles. The van der Waals surface area contributed by atoms with E-state index in [0.29, 0.717) is 6.54 Å². The molecule has 3 heteroatoms. The SMILES string of the molecule is C1CCCCC1.CC(=O)[O-].NCc1ccccc1. The van der Waals surface area contributed by atoms with Crippen LogP contribution in [0.1, 0.15) is 51.0 Å². The van der Waals surface area contributed by atoms with Gasteiger partial charge in [-0.05, 0) is 12.5 Å². The number of aliphatic carboxylic acids is 1. The van der Waals surface area contributed by atoms with Gasteiger partial charge in [0.25, 0.3) is 0 Å². The second-order valence-electron chi connectivity index (χ2n) is 4.30. The Morgan fingerprint density at radius 1 is 1.06 bits per heavy atom. The van der Waals surface area contributed by atoms with Crippen molar-refractivity contribution in [1.82, 2.24) is 0 Å². The number of nitrogens with two attached hydrogens (primary N) is 1. The lowest BCUT2D eigenvalue weighted by Crippen LogP contribution is -2.16. The van der Waals surface area contributed by atoms with Gasteiger partial charge in [0.15, 0.2) is 0 Å². The van der Waals surface area contributed by atoms with Crippen molar-refractivity contribution in [2.24, 2.45) is 5.73 Å². The van der Waals surface area contributed by atoms with Crippen molar-refractivity contribution in [3.8, 4) is 0 Å². The number of hydrogen-bond acceptors (Lipinski definition) is 3. The number of carboxylic acid groups (broad SMARTS) is 1. The van der Waals surface area contributed by atoms with Crippen molar-refractivity contribution < 1.29 is 9.90 Å². The van der Waals surface area contributed by atoms with E-state index in [9.17, 15) is 0 Å². The molecule has 2 N–H and O–H groups in total. The van der Waals surface area contributed by atoms with Gasteiger partial charge in [0.05, 0.1) is 0 Å². The first-order chi connectivity index (χ1) is 8.66. The Bertz CT molecular complexity index is 279. The quantitative estimate of drug-likeness (QED) is 0.831. The lowest BCUT2D eigenvalue weighted by molar-refractivity contribution is -0.302. The molecule has 1 aliphatic carbocycles. The minimum atomic E-state index is -1.08. The van der Waals surface area contributed by atoms with E-state index >= 15 is 0 Å². The highest BCUT2D eigenvalue weighted by atomic mass is 16.4. The maximum atomic E-state index is 8.89. The average molecular weight is 250 g/mol. The largest absolute Gasteiger partial charge is 0.550 e. The van der Waals surface area contributed by atoms with Crippen molar-refractivity contribution in [2.75, 3.05) is 0 Å². The third-order valence-electron chi connectivity index (χ3n) is 2.58. The molecule has 3 nitrogen and oxygen atoms in total. The number of benzene rings is 1. The summed E-state index contributed by atoms with van der Waals surface area (Å²) in [5, 5.41) is 8.89. The maximum Gasteiger partial charge on any atom is 0.0383 e. The molecule has 0 unspecified atom stereocenters. The third-order valence-corrected chi connectivity index (χ3v) is 2.58. The monoisotopic (exact) mass is 250 g/mol. The summed E-state index contributed by atoms with van der Waals surface area (Å²) in [4.78, 5) is 8.89. The molecule has 0 heterocycles. The Morgan fingerprint density at radius 3 is 1.61 bits per heavy atom. The van der Waals surface area contributed by atoms with E-state index in [1.54, 1.807) is 0 Å². The summed E-state index contributed by atoms with van der Waals surface area (Å²) in [6.45, 7) is 1.61. The number of carbonyl (C=O) groups is 1. The van der Waals surface area contributed by atoms with E-state index in [4.69, 9.17) is 15.6 Å². The first-order valence-corrected chi connectivity index (χ1v) is 6.58. The number of carboxylic acids is 1. The zero-order valence-electron chi connectivity index (χ0n) is 11.2. The van der Waals surface area contributed by atoms with E-state index in [0.717, 1.165) is 6.92 Å². The van der Waals surface area contributed by atoms with Gasteiger partial charge in [-0.25, -0.2) is 0 Å². The molecule has 18 heavy (non-hydrogen) atoms. The Hall–Kier alpha value is -1.35. The normalized spacial score (nSPS) is 13.4. The Labute approximate surface area is 110 Å². The molecule has 0 amide bonds. The van der Waals surface area contributed by atoms with Crippen LogP contribution in [0, 0.1) is 0 Å². The summed E-state index contributed by atoms with van der Waals surface area (Å²) in [6, 6.07) is 9.99. The molecule has 0 spiro atoms. The van der Waals surface area contributed by atoms with Crippen LogP contribution in [-0.4, -0.2) is 5.97 Å². The lowest BCUT2D eigenvalue weighted by atomic mass is 10.0. The van der Waals surface area contributed by atoms with Gasteiger partial charge in [0.2, 0.25) is 0 Å². The first kappa shape index (κ1) is 16.6. The van der Waals surface area contributed by atoms with Gasteiger partial charge in [0, 0.05) is 12.5 Å². The molecule has 0 bridgehead atoms. The van der Waals surface area contributed by atoms with Crippen molar-refractivity contribution in [3.05, 3.63) is 35.9 Å². The fraction of sp³-hybridized carbons (Fsp3) is 0.533. The van der Waals surface area contributed by atoms with E-state index < -0.39 is 5.97 Å². The van der Waals surface area contributed by atoms with Gasteiger partial charge in [-0.1, -0.05) is 68.9 Å². The molecule has 0 aromatic heterocycles. The zero-order chi connectivity index (χ0) is 13.6. The lowest BCUT2D eigenvalue weighted by Gasteiger charge is -2.05. The van der Waals surface area contributed by atoms with Crippen molar-refractivity contribution in [2.45, 2.75) is 52.0 Å². The highest BCUT2D eigenvalue weighted by molar-refractivity contribution is 5.60. The minimum Gasteiger partial charge on any atom is -0.550 e. The molecule has 1 aromatic rings.